The number of ether oxygens (including phenoxy) is 2. The predicted octanol–water partition coefficient (Wildman–Crippen LogP) is 1.59. The Morgan fingerprint density at radius 3 is 1.44 bits per heavy atom. The average molecular weight is 236 g/mol. The van der Waals surface area contributed by atoms with Crippen molar-refractivity contribution in [2.75, 3.05) is 26.4 Å². The van der Waals surface area contributed by atoms with Gasteiger partial charge in [-0.1, -0.05) is 13.8 Å². The van der Waals surface area contributed by atoms with E-state index >= 15 is 0 Å². The van der Waals surface area contributed by atoms with Crippen LogP contribution in [0.1, 0.15) is 40.5 Å². The van der Waals surface area contributed by atoms with Crippen molar-refractivity contribution >= 4 is 0 Å². The highest BCUT2D eigenvalue weighted by molar-refractivity contribution is 4.45. The molecule has 0 saturated carbocycles. The summed E-state index contributed by atoms with van der Waals surface area (Å²) in [4.78, 5) is 0. The van der Waals surface area contributed by atoms with E-state index in [0.717, 1.165) is 26.1 Å². The van der Waals surface area contributed by atoms with Crippen LogP contribution in [0.2, 0.25) is 0 Å². The highest BCUT2D eigenvalue weighted by Gasteiger charge is 1.97. The van der Waals surface area contributed by atoms with Gasteiger partial charge in [0.25, 0.3) is 0 Å². The maximum absolute atomic E-state index is 8.66. The molecule has 16 heavy (non-hydrogen) atoms. The summed E-state index contributed by atoms with van der Waals surface area (Å²) in [6.45, 7) is 9.97. The third kappa shape index (κ3) is 23.6. The Morgan fingerprint density at radius 1 is 0.812 bits per heavy atom. The van der Waals surface area contributed by atoms with Crippen molar-refractivity contribution in [3.8, 4) is 0 Å². The fourth-order valence-electron chi connectivity index (χ4n) is 0.800. The molecule has 4 heteroatoms. The summed E-state index contributed by atoms with van der Waals surface area (Å²) in [7, 11) is 0. The molecule has 2 N–H and O–H groups in total. The van der Waals surface area contributed by atoms with Gasteiger partial charge >= 0.3 is 0 Å². The van der Waals surface area contributed by atoms with Gasteiger partial charge in [0.15, 0.2) is 0 Å². The SMILES string of the molecule is CC(O)COCC(C)O.CCCOCCC. The predicted molar refractivity (Wildman–Crippen MR) is 65.6 cm³/mol. The average Bonchev–Trinajstić information content (AvgIpc) is 2.18. The van der Waals surface area contributed by atoms with Crippen LogP contribution in [0, 0.1) is 0 Å². The largest absolute Gasteiger partial charge is 0.391 e. The molecule has 2 atom stereocenters. The van der Waals surface area contributed by atoms with Crippen LogP contribution in [0.25, 0.3) is 0 Å². The van der Waals surface area contributed by atoms with Gasteiger partial charge in [-0.15, -0.1) is 0 Å². The molecular formula is C12H28O4. The summed E-state index contributed by atoms with van der Waals surface area (Å²) < 4.78 is 9.99. The van der Waals surface area contributed by atoms with Crippen LogP contribution in [-0.4, -0.2) is 48.8 Å². The molecule has 0 aromatic rings. The first-order valence-corrected chi connectivity index (χ1v) is 6.06. The van der Waals surface area contributed by atoms with Crippen LogP contribution in [-0.2, 0) is 9.47 Å². The van der Waals surface area contributed by atoms with E-state index in [-0.39, 0.29) is 0 Å². The lowest BCUT2D eigenvalue weighted by atomic mass is 10.4. The van der Waals surface area contributed by atoms with Crippen LogP contribution in [0.5, 0.6) is 0 Å². The molecule has 0 aliphatic heterocycles. The minimum atomic E-state index is -0.441. The van der Waals surface area contributed by atoms with Crippen molar-refractivity contribution in [3.05, 3.63) is 0 Å². The Morgan fingerprint density at radius 2 is 1.19 bits per heavy atom. The molecule has 0 spiro atoms. The molecule has 0 aliphatic carbocycles. The first-order chi connectivity index (χ1) is 7.54. The highest BCUT2D eigenvalue weighted by Crippen LogP contribution is 1.85. The van der Waals surface area contributed by atoms with Gasteiger partial charge in [0.05, 0.1) is 25.4 Å². The molecular weight excluding hydrogens is 208 g/mol. The first kappa shape index (κ1) is 18.2. The minimum Gasteiger partial charge on any atom is -0.391 e. The van der Waals surface area contributed by atoms with Crippen LogP contribution in [0.3, 0.4) is 0 Å². The van der Waals surface area contributed by atoms with Crippen molar-refractivity contribution in [2.45, 2.75) is 52.7 Å². The van der Waals surface area contributed by atoms with E-state index < -0.39 is 12.2 Å². The van der Waals surface area contributed by atoms with Crippen LogP contribution in [0.15, 0.2) is 0 Å². The number of aliphatic hydroxyl groups is 2. The number of rotatable bonds is 8. The zero-order valence-corrected chi connectivity index (χ0v) is 11.1. The van der Waals surface area contributed by atoms with Crippen molar-refractivity contribution in [3.63, 3.8) is 0 Å². The van der Waals surface area contributed by atoms with Gasteiger partial charge in [-0.25, -0.2) is 0 Å². The van der Waals surface area contributed by atoms with Gasteiger partial charge in [-0.3, -0.25) is 0 Å². The Balaban J connectivity index is 0. The van der Waals surface area contributed by atoms with Crippen LogP contribution < -0.4 is 0 Å². The molecule has 0 aliphatic rings. The van der Waals surface area contributed by atoms with Gasteiger partial charge in [-0.2, -0.15) is 0 Å². The monoisotopic (exact) mass is 236 g/mol. The van der Waals surface area contributed by atoms with Crippen molar-refractivity contribution in [1.82, 2.24) is 0 Å². The zero-order chi connectivity index (χ0) is 12.8. The second kappa shape index (κ2) is 14.8. The van der Waals surface area contributed by atoms with Crippen LogP contribution in [0.4, 0.5) is 0 Å². The Hall–Kier alpha value is -0.160. The molecule has 0 radical (unpaired) electrons. The van der Waals surface area contributed by atoms with Gasteiger partial charge in [0.1, 0.15) is 0 Å². The third-order valence-electron chi connectivity index (χ3n) is 1.42. The molecule has 0 fully saturated rings. The second-order valence-electron chi connectivity index (χ2n) is 3.85. The fraction of sp³-hybridized carbons (Fsp3) is 1.00. The van der Waals surface area contributed by atoms with E-state index in [1.54, 1.807) is 13.8 Å². The lowest BCUT2D eigenvalue weighted by Crippen LogP contribution is -2.16. The Bertz CT molecular complexity index is 104. The van der Waals surface area contributed by atoms with Gasteiger partial charge in [0.2, 0.25) is 0 Å². The van der Waals surface area contributed by atoms with E-state index in [2.05, 4.69) is 13.8 Å². The third-order valence-corrected chi connectivity index (χ3v) is 1.42. The molecule has 0 amide bonds. The topological polar surface area (TPSA) is 58.9 Å². The van der Waals surface area contributed by atoms with Gasteiger partial charge in [0, 0.05) is 13.2 Å². The standard InChI is InChI=1S/C6H14O3.C6H14O/c1-5(7)3-9-4-6(2)8;1-3-5-7-6-4-2/h5-8H,3-4H2,1-2H3;3-6H2,1-2H3. The normalized spacial score (nSPS) is 13.9. The maximum Gasteiger partial charge on any atom is 0.0745 e. The van der Waals surface area contributed by atoms with Gasteiger partial charge in [-0.05, 0) is 26.7 Å². The molecule has 100 valence electrons. The zero-order valence-electron chi connectivity index (χ0n) is 11.1. The Kier molecular flexibility index (Phi) is 16.9. The van der Waals surface area contributed by atoms with E-state index in [1.807, 2.05) is 0 Å². The quantitative estimate of drug-likeness (QED) is 0.628. The molecule has 0 heterocycles. The summed E-state index contributed by atoms with van der Waals surface area (Å²) in [6.07, 6.45) is 1.40. The minimum absolute atomic E-state index is 0.297. The summed E-state index contributed by atoms with van der Waals surface area (Å²) in [5.41, 5.74) is 0. The van der Waals surface area contributed by atoms with Crippen molar-refractivity contribution < 1.29 is 19.7 Å². The smallest absolute Gasteiger partial charge is 0.0745 e. The van der Waals surface area contributed by atoms with Crippen molar-refractivity contribution in [2.24, 2.45) is 0 Å². The van der Waals surface area contributed by atoms with E-state index in [4.69, 9.17) is 19.7 Å². The van der Waals surface area contributed by atoms with E-state index in [1.165, 1.54) is 0 Å². The lowest BCUT2D eigenvalue weighted by Gasteiger charge is -2.06. The molecule has 0 aromatic carbocycles. The maximum atomic E-state index is 8.66. The molecule has 0 saturated heterocycles. The first-order valence-electron chi connectivity index (χ1n) is 6.06. The molecule has 0 rings (SSSR count). The molecule has 4 nitrogen and oxygen atoms in total. The summed E-state index contributed by atoms with van der Waals surface area (Å²) in [6, 6.07) is 0. The number of aliphatic hydroxyl groups excluding tert-OH is 2. The summed E-state index contributed by atoms with van der Waals surface area (Å²) >= 11 is 0. The van der Waals surface area contributed by atoms with E-state index in [0.29, 0.717) is 13.2 Å². The van der Waals surface area contributed by atoms with Crippen LogP contribution >= 0.6 is 0 Å². The fourth-order valence-corrected chi connectivity index (χ4v) is 0.800. The summed E-state index contributed by atoms with van der Waals surface area (Å²) in [5.74, 6) is 0. The van der Waals surface area contributed by atoms with Crippen molar-refractivity contribution in [1.29, 1.82) is 0 Å². The van der Waals surface area contributed by atoms with E-state index in [9.17, 15) is 0 Å². The second-order valence-corrected chi connectivity index (χ2v) is 3.85. The molecule has 0 bridgehead atoms. The number of hydrogen-bond donors (Lipinski definition) is 2. The number of hydrogen-bond acceptors (Lipinski definition) is 4. The summed E-state index contributed by atoms with van der Waals surface area (Å²) in [5, 5.41) is 17.3. The Labute approximate surface area is 99.6 Å². The molecule has 0 aromatic heterocycles. The highest BCUT2D eigenvalue weighted by atomic mass is 16.5. The van der Waals surface area contributed by atoms with Gasteiger partial charge < -0.3 is 19.7 Å². The lowest BCUT2D eigenvalue weighted by molar-refractivity contribution is 0.00392. The molecule has 2 unspecified atom stereocenters.